The number of hydrogen-bond donors (Lipinski definition) is 1. The molecule has 0 aliphatic heterocycles. The Balaban J connectivity index is 2.42. The molecule has 0 amide bonds. The summed E-state index contributed by atoms with van der Waals surface area (Å²) in [4.78, 5) is 10.7. The van der Waals surface area contributed by atoms with Crippen molar-refractivity contribution in [2.75, 3.05) is 6.61 Å². The van der Waals surface area contributed by atoms with E-state index in [9.17, 15) is 13.6 Å². The molecule has 0 aromatic heterocycles. The van der Waals surface area contributed by atoms with Gasteiger partial charge in [0.15, 0.2) is 0 Å². The van der Waals surface area contributed by atoms with Gasteiger partial charge < -0.3 is 9.84 Å². The smallest absolute Gasteiger partial charge is 0.338 e. The van der Waals surface area contributed by atoms with Crippen LogP contribution in [0.25, 0.3) is 11.1 Å². The van der Waals surface area contributed by atoms with Gasteiger partial charge in [0, 0.05) is 5.56 Å². The number of carbonyl (C=O) groups is 1. The highest BCUT2D eigenvalue weighted by molar-refractivity contribution is 5.88. The zero-order chi connectivity index (χ0) is 14.7. The number of carboxylic acid groups (broad SMARTS) is 1. The lowest BCUT2D eigenvalue weighted by Crippen LogP contribution is -2.02. The predicted molar refractivity (Wildman–Crippen MR) is 69.9 cm³/mol. The Morgan fingerprint density at radius 3 is 2.35 bits per heavy atom. The van der Waals surface area contributed by atoms with E-state index in [-0.39, 0.29) is 5.56 Å². The third kappa shape index (κ3) is 2.77. The highest BCUT2D eigenvalue weighted by Crippen LogP contribution is 2.27. The van der Waals surface area contributed by atoms with Gasteiger partial charge in [0.2, 0.25) is 0 Å². The van der Waals surface area contributed by atoms with Crippen molar-refractivity contribution in [3.63, 3.8) is 0 Å². The average Bonchev–Trinajstić information content (AvgIpc) is 2.42. The third-order valence-electron chi connectivity index (χ3n) is 2.76. The zero-order valence-corrected chi connectivity index (χ0v) is 10.7. The van der Waals surface area contributed by atoms with Crippen LogP contribution in [-0.4, -0.2) is 17.7 Å². The van der Waals surface area contributed by atoms with Crippen molar-refractivity contribution >= 4 is 5.97 Å². The first kappa shape index (κ1) is 14.0. The molecular weight excluding hydrogens is 266 g/mol. The molecule has 1 N–H and O–H groups in total. The maximum absolute atomic E-state index is 13.9. The summed E-state index contributed by atoms with van der Waals surface area (Å²) in [5, 5.41) is 8.72. The van der Waals surface area contributed by atoms with Crippen LogP contribution in [0, 0.1) is 11.6 Å². The van der Waals surface area contributed by atoms with E-state index in [4.69, 9.17) is 9.84 Å². The molecule has 0 unspecified atom stereocenters. The monoisotopic (exact) mass is 278 g/mol. The zero-order valence-electron chi connectivity index (χ0n) is 10.7. The minimum Gasteiger partial charge on any atom is -0.494 e. The average molecular weight is 278 g/mol. The second-order valence-electron chi connectivity index (χ2n) is 4.07. The van der Waals surface area contributed by atoms with Crippen LogP contribution in [0.1, 0.15) is 17.3 Å². The second-order valence-corrected chi connectivity index (χ2v) is 4.07. The molecule has 0 saturated heterocycles. The lowest BCUT2D eigenvalue weighted by molar-refractivity contribution is 0.0691. The first-order valence-electron chi connectivity index (χ1n) is 5.98. The summed E-state index contributed by atoms with van der Waals surface area (Å²) in [5.74, 6) is -2.63. The quantitative estimate of drug-likeness (QED) is 0.927. The largest absolute Gasteiger partial charge is 0.494 e. The molecule has 3 nitrogen and oxygen atoms in total. The fraction of sp³-hybridized carbons (Fsp3) is 0.133. The van der Waals surface area contributed by atoms with E-state index >= 15 is 0 Å². The number of ether oxygens (including phenoxy) is 1. The number of aromatic carboxylic acids is 1. The van der Waals surface area contributed by atoms with Crippen LogP contribution in [-0.2, 0) is 0 Å². The number of carboxylic acids is 1. The summed E-state index contributed by atoms with van der Waals surface area (Å²) < 4.78 is 32.7. The Kier molecular flexibility index (Phi) is 3.98. The highest BCUT2D eigenvalue weighted by Gasteiger charge is 2.16. The van der Waals surface area contributed by atoms with Crippen LogP contribution in [0.2, 0.25) is 0 Å². The number of benzene rings is 2. The SMILES string of the molecule is CCOc1ccc(-c2cc(F)c(C(=O)O)cc2F)cc1. The van der Waals surface area contributed by atoms with Gasteiger partial charge in [0.25, 0.3) is 0 Å². The maximum atomic E-state index is 13.9. The summed E-state index contributed by atoms with van der Waals surface area (Å²) in [7, 11) is 0. The molecule has 0 bridgehead atoms. The van der Waals surface area contributed by atoms with Gasteiger partial charge in [-0.05, 0) is 36.8 Å². The van der Waals surface area contributed by atoms with Crippen molar-refractivity contribution in [2.24, 2.45) is 0 Å². The molecule has 2 aromatic rings. The van der Waals surface area contributed by atoms with Crippen molar-refractivity contribution in [3.05, 3.63) is 53.6 Å². The highest BCUT2D eigenvalue weighted by atomic mass is 19.1. The van der Waals surface area contributed by atoms with Gasteiger partial charge >= 0.3 is 5.97 Å². The van der Waals surface area contributed by atoms with E-state index in [1.807, 2.05) is 6.92 Å². The lowest BCUT2D eigenvalue weighted by Gasteiger charge is -2.08. The minimum atomic E-state index is -1.50. The Hall–Kier alpha value is -2.43. The van der Waals surface area contributed by atoms with E-state index in [1.54, 1.807) is 24.3 Å². The predicted octanol–water partition coefficient (Wildman–Crippen LogP) is 3.73. The van der Waals surface area contributed by atoms with Gasteiger partial charge in [-0.3, -0.25) is 0 Å². The molecule has 0 aliphatic rings. The fourth-order valence-electron chi connectivity index (χ4n) is 1.83. The summed E-state index contributed by atoms with van der Waals surface area (Å²) in [6.45, 7) is 2.35. The topological polar surface area (TPSA) is 46.5 Å². The van der Waals surface area contributed by atoms with Crippen LogP contribution >= 0.6 is 0 Å². The molecule has 0 heterocycles. The van der Waals surface area contributed by atoms with Gasteiger partial charge in [-0.15, -0.1) is 0 Å². The van der Waals surface area contributed by atoms with Crippen LogP contribution in [0.4, 0.5) is 8.78 Å². The molecule has 0 spiro atoms. The maximum Gasteiger partial charge on any atom is 0.338 e. The molecular formula is C15H12F2O3. The molecule has 2 aromatic carbocycles. The molecule has 20 heavy (non-hydrogen) atoms. The first-order chi connectivity index (χ1) is 9.52. The molecule has 0 fully saturated rings. The number of hydrogen-bond acceptors (Lipinski definition) is 2. The Morgan fingerprint density at radius 1 is 1.15 bits per heavy atom. The normalized spacial score (nSPS) is 10.3. The van der Waals surface area contributed by atoms with Crippen molar-refractivity contribution in [3.8, 4) is 16.9 Å². The summed E-state index contributed by atoms with van der Waals surface area (Å²) >= 11 is 0. The summed E-state index contributed by atoms with van der Waals surface area (Å²) in [6.07, 6.45) is 0. The summed E-state index contributed by atoms with van der Waals surface area (Å²) in [5.41, 5.74) is -0.227. The molecule has 0 aliphatic carbocycles. The standard InChI is InChI=1S/C15H12F2O3/c1-2-20-10-5-3-9(4-6-10)11-7-14(17)12(15(18)19)8-13(11)16/h3-8H,2H2,1H3,(H,18,19). The van der Waals surface area contributed by atoms with E-state index in [0.29, 0.717) is 24.0 Å². The molecule has 0 atom stereocenters. The Labute approximate surface area is 114 Å². The van der Waals surface area contributed by atoms with Crippen molar-refractivity contribution in [2.45, 2.75) is 6.92 Å². The fourth-order valence-corrected chi connectivity index (χ4v) is 1.83. The van der Waals surface area contributed by atoms with Crippen LogP contribution in [0.5, 0.6) is 5.75 Å². The van der Waals surface area contributed by atoms with Gasteiger partial charge in [0.05, 0.1) is 12.2 Å². The summed E-state index contributed by atoms with van der Waals surface area (Å²) in [6, 6.07) is 8.02. The van der Waals surface area contributed by atoms with Crippen LogP contribution in [0.15, 0.2) is 36.4 Å². The van der Waals surface area contributed by atoms with E-state index < -0.39 is 23.2 Å². The molecule has 104 valence electrons. The Morgan fingerprint density at radius 2 is 1.80 bits per heavy atom. The van der Waals surface area contributed by atoms with Gasteiger partial charge in [0.1, 0.15) is 17.4 Å². The molecule has 2 rings (SSSR count). The van der Waals surface area contributed by atoms with Crippen molar-refractivity contribution < 1.29 is 23.4 Å². The van der Waals surface area contributed by atoms with Gasteiger partial charge in [-0.1, -0.05) is 12.1 Å². The second kappa shape index (κ2) is 5.69. The van der Waals surface area contributed by atoms with E-state index in [1.165, 1.54) is 0 Å². The lowest BCUT2D eigenvalue weighted by atomic mass is 10.0. The van der Waals surface area contributed by atoms with Gasteiger partial charge in [-0.2, -0.15) is 0 Å². The Bertz CT molecular complexity index is 636. The molecule has 0 saturated carbocycles. The van der Waals surface area contributed by atoms with E-state index in [2.05, 4.69) is 0 Å². The van der Waals surface area contributed by atoms with Crippen molar-refractivity contribution in [1.82, 2.24) is 0 Å². The number of rotatable bonds is 4. The number of halogens is 2. The minimum absolute atomic E-state index is 0.00977. The van der Waals surface area contributed by atoms with Crippen molar-refractivity contribution in [1.29, 1.82) is 0 Å². The van der Waals surface area contributed by atoms with Crippen LogP contribution in [0.3, 0.4) is 0 Å². The third-order valence-corrected chi connectivity index (χ3v) is 2.76. The first-order valence-corrected chi connectivity index (χ1v) is 5.98. The molecule has 0 radical (unpaired) electrons. The molecule has 5 heteroatoms. The van der Waals surface area contributed by atoms with Gasteiger partial charge in [-0.25, -0.2) is 13.6 Å². The van der Waals surface area contributed by atoms with Crippen LogP contribution < -0.4 is 4.74 Å². The van der Waals surface area contributed by atoms with E-state index in [0.717, 1.165) is 6.07 Å².